The number of benzene rings is 1. The van der Waals surface area contributed by atoms with Crippen LogP contribution in [0.25, 0.3) is 10.4 Å². The van der Waals surface area contributed by atoms with E-state index in [2.05, 4.69) is 9.98 Å². The lowest BCUT2D eigenvalue weighted by molar-refractivity contribution is -0.384. The van der Waals surface area contributed by atoms with E-state index >= 15 is 0 Å². The van der Waals surface area contributed by atoms with E-state index in [1.807, 2.05) is 19.2 Å². The standard InChI is InChI=1S/C12H12N4O2S2.HI/c1-7-10(20-12(14-7)15-11(13)19-2)8-4-3-5-9(6-8)16(17)18;/h3-6H,1-2H3,(H2,13,14,15);1H. The van der Waals surface area contributed by atoms with Gasteiger partial charge >= 0.3 is 0 Å². The Morgan fingerprint density at radius 3 is 2.86 bits per heavy atom. The molecule has 1 aromatic carbocycles. The molecule has 112 valence electrons. The second kappa shape index (κ2) is 7.71. The largest absolute Gasteiger partial charge is 0.378 e. The number of hydrogen-bond acceptors (Lipinski definition) is 6. The second-order valence-electron chi connectivity index (χ2n) is 3.87. The first-order chi connectivity index (χ1) is 9.51. The third-order valence-corrected chi connectivity index (χ3v) is 4.13. The van der Waals surface area contributed by atoms with Gasteiger partial charge < -0.3 is 5.73 Å². The second-order valence-corrected chi connectivity index (χ2v) is 5.68. The molecule has 1 aromatic heterocycles. The molecule has 2 rings (SSSR count). The summed E-state index contributed by atoms with van der Waals surface area (Å²) in [6.45, 7) is 1.85. The van der Waals surface area contributed by atoms with Crippen molar-refractivity contribution in [2.75, 3.05) is 6.26 Å². The summed E-state index contributed by atoms with van der Waals surface area (Å²) in [5, 5.41) is 11.8. The third-order valence-electron chi connectivity index (χ3n) is 2.52. The first kappa shape index (κ1) is 17.9. The Bertz CT molecular complexity index is 688. The minimum atomic E-state index is -0.412. The molecule has 0 aliphatic carbocycles. The van der Waals surface area contributed by atoms with Crippen LogP contribution in [-0.4, -0.2) is 21.3 Å². The number of nitro benzene ring substituents is 1. The van der Waals surface area contributed by atoms with Crippen LogP contribution in [0.15, 0.2) is 29.3 Å². The summed E-state index contributed by atoms with van der Waals surface area (Å²) in [5.41, 5.74) is 7.26. The molecular weight excluding hydrogens is 423 g/mol. The topological polar surface area (TPSA) is 94.4 Å². The Morgan fingerprint density at radius 2 is 2.24 bits per heavy atom. The van der Waals surface area contributed by atoms with Gasteiger partial charge in [-0.25, -0.2) is 4.98 Å². The van der Waals surface area contributed by atoms with E-state index in [1.54, 1.807) is 6.07 Å². The van der Waals surface area contributed by atoms with Gasteiger partial charge in [-0.1, -0.05) is 35.2 Å². The number of amidine groups is 1. The van der Waals surface area contributed by atoms with Gasteiger partial charge in [0.25, 0.3) is 5.69 Å². The lowest BCUT2D eigenvalue weighted by Crippen LogP contribution is -2.03. The Balaban J connectivity index is 0.00000220. The van der Waals surface area contributed by atoms with E-state index < -0.39 is 4.92 Å². The number of nitrogens with zero attached hydrogens (tertiary/aromatic N) is 3. The Hall–Kier alpha value is -1.20. The van der Waals surface area contributed by atoms with Crippen LogP contribution in [0.5, 0.6) is 0 Å². The van der Waals surface area contributed by atoms with Crippen molar-refractivity contribution in [3.05, 3.63) is 40.1 Å². The molecule has 2 N–H and O–H groups in total. The molecule has 2 aromatic rings. The van der Waals surface area contributed by atoms with Crippen LogP contribution in [-0.2, 0) is 0 Å². The number of aryl methyl sites for hydroxylation is 1. The first-order valence-electron chi connectivity index (χ1n) is 5.61. The molecule has 0 amide bonds. The van der Waals surface area contributed by atoms with Gasteiger partial charge in [-0.3, -0.25) is 10.1 Å². The maximum absolute atomic E-state index is 10.8. The van der Waals surface area contributed by atoms with Crippen LogP contribution in [0.2, 0.25) is 0 Å². The third kappa shape index (κ3) is 4.38. The zero-order valence-corrected chi connectivity index (χ0v) is 15.2. The minimum Gasteiger partial charge on any atom is -0.378 e. The van der Waals surface area contributed by atoms with Crippen LogP contribution >= 0.6 is 47.1 Å². The Morgan fingerprint density at radius 1 is 1.52 bits per heavy atom. The van der Waals surface area contributed by atoms with Crippen molar-refractivity contribution in [1.29, 1.82) is 0 Å². The number of halogens is 1. The summed E-state index contributed by atoms with van der Waals surface area (Å²) in [4.78, 5) is 19.8. The van der Waals surface area contributed by atoms with Crippen LogP contribution in [0.4, 0.5) is 10.8 Å². The summed E-state index contributed by atoms with van der Waals surface area (Å²) in [5.74, 6) is 0. The number of non-ortho nitro benzene ring substituents is 1. The fourth-order valence-electron chi connectivity index (χ4n) is 1.60. The molecule has 0 saturated heterocycles. The lowest BCUT2D eigenvalue weighted by Gasteiger charge is -1.98. The summed E-state index contributed by atoms with van der Waals surface area (Å²) in [7, 11) is 0. The minimum absolute atomic E-state index is 0. The molecule has 0 aliphatic rings. The van der Waals surface area contributed by atoms with Crippen molar-refractivity contribution < 1.29 is 4.92 Å². The number of nitrogens with two attached hydrogens (primary N) is 1. The quantitative estimate of drug-likeness (QED) is 0.259. The molecule has 0 unspecified atom stereocenters. The van der Waals surface area contributed by atoms with E-state index in [0.717, 1.165) is 16.1 Å². The summed E-state index contributed by atoms with van der Waals surface area (Å²) >= 11 is 2.70. The molecule has 6 nitrogen and oxygen atoms in total. The molecule has 0 saturated carbocycles. The lowest BCUT2D eigenvalue weighted by atomic mass is 10.1. The number of thiazole rings is 1. The molecule has 1 heterocycles. The zero-order chi connectivity index (χ0) is 14.7. The van der Waals surface area contributed by atoms with E-state index in [4.69, 9.17) is 5.73 Å². The SMILES string of the molecule is CS/C(N)=N\c1nc(C)c(-c2cccc([N+](=O)[O-])c2)s1.I. The van der Waals surface area contributed by atoms with Gasteiger partial charge in [-0.05, 0) is 13.2 Å². The first-order valence-corrected chi connectivity index (χ1v) is 7.66. The smallest absolute Gasteiger partial charge is 0.270 e. The van der Waals surface area contributed by atoms with Crippen LogP contribution < -0.4 is 5.73 Å². The fourth-order valence-corrected chi connectivity index (χ4v) is 2.78. The zero-order valence-electron chi connectivity index (χ0n) is 11.3. The molecule has 0 atom stereocenters. The maximum atomic E-state index is 10.8. The van der Waals surface area contributed by atoms with Crippen molar-refractivity contribution in [3.63, 3.8) is 0 Å². The number of hydrogen-bond donors (Lipinski definition) is 1. The Kier molecular flexibility index (Phi) is 6.55. The van der Waals surface area contributed by atoms with Crippen molar-refractivity contribution in [1.82, 2.24) is 4.98 Å². The average Bonchev–Trinajstić information content (AvgIpc) is 2.79. The highest BCUT2D eigenvalue weighted by Gasteiger charge is 2.13. The number of aliphatic imine (C=N–C) groups is 1. The maximum Gasteiger partial charge on any atom is 0.270 e. The predicted molar refractivity (Wildman–Crippen MR) is 99.2 cm³/mol. The highest BCUT2D eigenvalue weighted by molar-refractivity contribution is 14.0. The van der Waals surface area contributed by atoms with Gasteiger partial charge in [0.2, 0.25) is 5.13 Å². The number of rotatable bonds is 3. The molecule has 9 heteroatoms. The molecule has 0 spiro atoms. The molecular formula is C12H13IN4O2S2. The van der Waals surface area contributed by atoms with E-state index in [-0.39, 0.29) is 29.7 Å². The molecule has 0 aliphatic heterocycles. The number of thioether (sulfide) groups is 1. The number of nitro groups is 1. The van der Waals surface area contributed by atoms with E-state index in [0.29, 0.717) is 10.3 Å². The number of aromatic nitrogens is 1. The molecule has 0 bridgehead atoms. The fraction of sp³-hybridized carbons (Fsp3) is 0.167. The van der Waals surface area contributed by atoms with Crippen LogP contribution in [0.3, 0.4) is 0 Å². The molecule has 0 fully saturated rings. The van der Waals surface area contributed by atoms with Gasteiger partial charge in [0.05, 0.1) is 15.5 Å². The van der Waals surface area contributed by atoms with Crippen LogP contribution in [0, 0.1) is 17.0 Å². The highest BCUT2D eigenvalue weighted by atomic mass is 127. The summed E-state index contributed by atoms with van der Waals surface area (Å²) in [6.07, 6.45) is 1.83. The monoisotopic (exact) mass is 436 g/mol. The van der Waals surface area contributed by atoms with Crippen molar-refractivity contribution in [3.8, 4) is 10.4 Å². The normalized spacial score (nSPS) is 11.0. The van der Waals surface area contributed by atoms with Crippen molar-refractivity contribution >= 4 is 63.1 Å². The van der Waals surface area contributed by atoms with Gasteiger partial charge in [0.15, 0.2) is 5.17 Å². The highest BCUT2D eigenvalue weighted by Crippen LogP contribution is 2.35. The van der Waals surface area contributed by atoms with Crippen molar-refractivity contribution in [2.45, 2.75) is 6.92 Å². The van der Waals surface area contributed by atoms with Gasteiger partial charge in [-0.15, -0.1) is 24.0 Å². The predicted octanol–water partition coefficient (Wildman–Crippen LogP) is 3.95. The van der Waals surface area contributed by atoms with Gasteiger partial charge in [0, 0.05) is 17.7 Å². The van der Waals surface area contributed by atoms with Gasteiger partial charge in [0.1, 0.15) is 0 Å². The molecule has 21 heavy (non-hydrogen) atoms. The average molecular weight is 436 g/mol. The van der Waals surface area contributed by atoms with E-state index in [9.17, 15) is 10.1 Å². The van der Waals surface area contributed by atoms with Crippen LogP contribution in [0.1, 0.15) is 5.69 Å². The molecule has 0 radical (unpaired) electrons. The summed E-state index contributed by atoms with van der Waals surface area (Å²) < 4.78 is 0. The van der Waals surface area contributed by atoms with Gasteiger partial charge in [-0.2, -0.15) is 4.99 Å². The Labute approximate surface area is 147 Å². The van der Waals surface area contributed by atoms with E-state index in [1.165, 1.54) is 35.2 Å². The summed E-state index contributed by atoms with van der Waals surface area (Å²) in [6, 6.07) is 6.47. The van der Waals surface area contributed by atoms with Crippen molar-refractivity contribution in [2.24, 2.45) is 10.7 Å².